The number of benzene rings is 2. The fourth-order valence-electron chi connectivity index (χ4n) is 3.32. The molecule has 2 rings (SSSR count). The number of hydrogen-bond acceptors (Lipinski definition) is 9. The standard InChI is InChI=1S/C32H41NO8/c1-23(2)31(35)39-20-10-8-7-9-19-38-27-15-13-26(14-16-27)32(36)41-28-17-11-25(21-29(28)37-6)12-18-30(34)40-22-24(3)33(4)5/h11-18,21,24H,1,7-10,19-20,22H2,2-6H3/b18-12+. The molecule has 0 aliphatic heterocycles. The quantitative estimate of drug-likeness (QED) is 0.106. The molecule has 0 saturated carbocycles. The highest BCUT2D eigenvalue weighted by atomic mass is 16.6. The Morgan fingerprint density at radius 1 is 0.927 bits per heavy atom. The summed E-state index contributed by atoms with van der Waals surface area (Å²) in [6.07, 6.45) is 6.49. The first-order valence-electron chi connectivity index (χ1n) is 13.6. The molecular weight excluding hydrogens is 526 g/mol. The predicted molar refractivity (Wildman–Crippen MR) is 157 cm³/mol. The predicted octanol–water partition coefficient (Wildman–Crippen LogP) is 5.48. The summed E-state index contributed by atoms with van der Waals surface area (Å²) < 4.78 is 27.0. The molecule has 41 heavy (non-hydrogen) atoms. The van der Waals surface area contributed by atoms with E-state index in [9.17, 15) is 14.4 Å². The van der Waals surface area contributed by atoms with Gasteiger partial charge in [0.25, 0.3) is 0 Å². The summed E-state index contributed by atoms with van der Waals surface area (Å²) in [6.45, 7) is 8.37. The molecular formula is C32H41NO8. The highest BCUT2D eigenvalue weighted by Gasteiger charge is 2.13. The van der Waals surface area contributed by atoms with Gasteiger partial charge in [-0.2, -0.15) is 0 Å². The molecule has 0 aliphatic carbocycles. The van der Waals surface area contributed by atoms with Crippen LogP contribution in [0, 0.1) is 0 Å². The molecule has 0 bridgehead atoms. The average molecular weight is 568 g/mol. The molecule has 2 aromatic carbocycles. The maximum Gasteiger partial charge on any atom is 0.343 e. The van der Waals surface area contributed by atoms with Crippen molar-refractivity contribution in [2.45, 2.75) is 45.6 Å². The highest BCUT2D eigenvalue weighted by Crippen LogP contribution is 2.29. The van der Waals surface area contributed by atoms with E-state index in [2.05, 4.69) is 6.58 Å². The lowest BCUT2D eigenvalue weighted by atomic mass is 10.2. The van der Waals surface area contributed by atoms with Crippen molar-refractivity contribution in [3.05, 3.63) is 71.8 Å². The summed E-state index contributed by atoms with van der Waals surface area (Å²) in [6, 6.07) is 11.8. The number of rotatable bonds is 17. The molecule has 0 N–H and O–H groups in total. The summed E-state index contributed by atoms with van der Waals surface area (Å²) in [5.41, 5.74) is 1.46. The zero-order chi connectivity index (χ0) is 30.2. The van der Waals surface area contributed by atoms with Crippen LogP contribution in [0.5, 0.6) is 17.2 Å². The number of hydrogen-bond donors (Lipinski definition) is 0. The Bertz CT molecular complexity index is 1190. The molecule has 9 nitrogen and oxygen atoms in total. The van der Waals surface area contributed by atoms with Crippen molar-refractivity contribution in [2.75, 3.05) is 41.0 Å². The van der Waals surface area contributed by atoms with E-state index in [-0.39, 0.29) is 17.8 Å². The lowest BCUT2D eigenvalue weighted by Gasteiger charge is -2.18. The van der Waals surface area contributed by atoms with Crippen LogP contribution < -0.4 is 14.2 Å². The van der Waals surface area contributed by atoms with Crippen LogP contribution in [0.15, 0.2) is 60.7 Å². The maximum absolute atomic E-state index is 12.7. The first kappa shape index (κ1) is 33.1. The van der Waals surface area contributed by atoms with Gasteiger partial charge in [-0.05, 0) is 102 Å². The molecule has 1 unspecified atom stereocenters. The second-order valence-electron chi connectivity index (χ2n) is 9.78. The SMILES string of the molecule is C=C(C)C(=O)OCCCCCCOc1ccc(C(=O)Oc2ccc(/C=C/C(=O)OCC(C)N(C)C)cc2OC)cc1. The van der Waals surface area contributed by atoms with E-state index in [1.54, 1.807) is 55.5 Å². The van der Waals surface area contributed by atoms with Crippen LogP contribution in [0.1, 0.15) is 55.5 Å². The van der Waals surface area contributed by atoms with E-state index >= 15 is 0 Å². The zero-order valence-electron chi connectivity index (χ0n) is 24.6. The van der Waals surface area contributed by atoms with Gasteiger partial charge in [0.1, 0.15) is 12.4 Å². The highest BCUT2D eigenvalue weighted by molar-refractivity contribution is 5.91. The molecule has 2 aromatic rings. The van der Waals surface area contributed by atoms with Gasteiger partial charge in [0.05, 0.1) is 25.9 Å². The van der Waals surface area contributed by atoms with Crippen LogP contribution in [-0.4, -0.2) is 69.9 Å². The number of carbonyl (C=O) groups excluding carboxylic acids is 3. The maximum atomic E-state index is 12.7. The Morgan fingerprint density at radius 2 is 1.61 bits per heavy atom. The Balaban J connectivity index is 1.79. The van der Waals surface area contributed by atoms with Crippen molar-refractivity contribution in [1.29, 1.82) is 0 Å². The number of carbonyl (C=O) groups is 3. The molecule has 222 valence electrons. The third-order valence-electron chi connectivity index (χ3n) is 6.13. The average Bonchev–Trinajstić information content (AvgIpc) is 2.96. The lowest BCUT2D eigenvalue weighted by Crippen LogP contribution is -2.30. The molecule has 0 aliphatic rings. The molecule has 1 atom stereocenters. The van der Waals surface area contributed by atoms with Gasteiger partial charge in [-0.3, -0.25) is 0 Å². The van der Waals surface area contributed by atoms with Crippen molar-refractivity contribution >= 4 is 24.0 Å². The first-order chi connectivity index (χ1) is 19.6. The van der Waals surface area contributed by atoms with Crippen LogP contribution in [-0.2, 0) is 19.1 Å². The number of unbranched alkanes of at least 4 members (excludes halogenated alkanes) is 3. The summed E-state index contributed by atoms with van der Waals surface area (Å²) in [5, 5.41) is 0. The van der Waals surface area contributed by atoms with Crippen LogP contribution in [0.3, 0.4) is 0 Å². The minimum atomic E-state index is -0.538. The third kappa shape index (κ3) is 12.3. The minimum absolute atomic E-state index is 0.110. The van der Waals surface area contributed by atoms with Crippen molar-refractivity contribution in [1.82, 2.24) is 4.90 Å². The Morgan fingerprint density at radius 3 is 2.24 bits per heavy atom. The zero-order valence-corrected chi connectivity index (χ0v) is 24.6. The van der Waals surface area contributed by atoms with E-state index in [0.29, 0.717) is 48.0 Å². The topological polar surface area (TPSA) is 101 Å². The monoisotopic (exact) mass is 567 g/mol. The van der Waals surface area contributed by atoms with Crippen molar-refractivity contribution < 1.29 is 38.1 Å². The third-order valence-corrected chi connectivity index (χ3v) is 6.13. The Hall–Kier alpha value is -4.11. The number of esters is 3. The molecule has 0 amide bonds. The minimum Gasteiger partial charge on any atom is -0.494 e. The van der Waals surface area contributed by atoms with Crippen LogP contribution in [0.4, 0.5) is 0 Å². The molecule has 0 spiro atoms. The van der Waals surface area contributed by atoms with Gasteiger partial charge in [-0.15, -0.1) is 0 Å². The molecule has 0 fully saturated rings. The van der Waals surface area contributed by atoms with Gasteiger partial charge in [0.2, 0.25) is 0 Å². The normalized spacial score (nSPS) is 11.7. The smallest absolute Gasteiger partial charge is 0.343 e. The second-order valence-corrected chi connectivity index (χ2v) is 9.78. The van der Waals surface area contributed by atoms with Gasteiger partial charge >= 0.3 is 17.9 Å². The largest absolute Gasteiger partial charge is 0.494 e. The number of ether oxygens (including phenoxy) is 5. The van der Waals surface area contributed by atoms with Crippen molar-refractivity contribution in [3.63, 3.8) is 0 Å². The summed E-state index contributed by atoms with van der Waals surface area (Å²) in [4.78, 5) is 38.0. The van der Waals surface area contributed by atoms with E-state index in [1.165, 1.54) is 13.2 Å². The fraction of sp³-hybridized carbons (Fsp3) is 0.406. The van der Waals surface area contributed by atoms with E-state index in [4.69, 9.17) is 23.7 Å². The second kappa shape index (κ2) is 17.6. The lowest BCUT2D eigenvalue weighted by molar-refractivity contribution is -0.139. The summed E-state index contributed by atoms with van der Waals surface area (Å²) in [5.74, 6) is -0.0771. The number of nitrogens with zero attached hydrogens (tertiary/aromatic N) is 1. The van der Waals surface area contributed by atoms with Gasteiger partial charge in [-0.25, -0.2) is 14.4 Å². The van der Waals surface area contributed by atoms with E-state index in [1.807, 2.05) is 25.9 Å². The fourth-order valence-corrected chi connectivity index (χ4v) is 3.32. The molecule has 0 radical (unpaired) electrons. The van der Waals surface area contributed by atoms with Gasteiger partial charge in [0, 0.05) is 17.7 Å². The number of likely N-dealkylation sites (N-methyl/N-ethyl adjacent to an activating group) is 1. The molecule has 0 saturated heterocycles. The van der Waals surface area contributed by atoms with Crippen LogP contribution in [0.25, 0.3) is 6.08 Å². The van der Waals surface area contributed by atoms with E-state index in [0.717, 1.165) is 25.7 Å². The number of methoxy groups -OCH3 is 1. The first-order valence-corrected chi connectivity index (χ1v) is 13.6. The Labute approximate surface area is 242 Å². The van der Waals surface area contributed by atoms with Gasteiger partial charge < -0.3 is 28.6 Å². The van der Waals surface area contributed by atoms with Gasteiger partial charge in [0.15, 0.2) is 11.5 Å². The van der Waals surface area contributed by atoms with Gasteiger partial charge in [-0.1, -0.05) is 12.6 Å². The summed E-state index contributed by atoms with van der Waals surface area (Å²) >= 11 is 0. The molecule has 0 heterocycles. The van der Waals surface area contributed by atoms with Crippen LogP contribution >= 0.6 is 0 Å². The van der Waals surface area contributed by atoms with Crippen LogP contribution in [0.2, 0.25) is 0 Å². The molecule has 9 heteroatoms. The molecule has 0 aromatic heterocycles. The van der Waals surface area contributed by atoms with Crippen molar-refractivity contribution in [2.24, 2.45) is 0 Å². The summed E-state index contributed by atoms with van der Waals surface area (Å²) in [7, 11) is 5.31. The Kier molecular flexibility index (Phi) is 14.2. The van der Waals surface area contributed by atoms with Crippen molar-refractivity contribution in [3.8, 4) is 17.2 Å². The van der Waals surface area contributed by atoms with E-state index < -0.39 is 11.9 Å².